The van der Waals surface area contributed by atoms with E-state index in [-0.39, 0.29) is 0 Å². The standard InChI is InChI=1S/C3H2ClF5O/c4-3(9,10)2(7,8)1(5)6/h1,10H. The van der Waals surface area contributed by atoms with Crippen molar-refractivity contribution in [2.75, 3.05) is 0 Å². The molecule has 10 heavy (non-hydrogen) atoms. The summed E-state index contributed by atoms with van der Waals surface area (Å²) in [5.41, 5.74) is 0. The Morgan fingerprint density at radius 1 is 1.20 bits per heavy atom. The van der Waals surface area contributed by atoms with Crippen molar-refractivity contribution < 1.29 is 27.1 Å². The molecule has 0 radical (unpaired) electrons. The smallest absolute Gasteiger partial charge is 0.345 e. The largest absolute Gasteiger partial charge is 0.379 e. The van der Waals surface area contributed by atoms with Gasteiger partial charge in [-0.15, -0.1) is 0 Å². The van der Waals surface area contributed by atoms with E-state index in [4.69, 9.17) is 5.11 Å². The Morgan fingerprint density at radius 2 is 1.50 bits per heavy atom. The minimum absolute atomic E-state index is 3.88. The summed E-state index contributed by atoms with van der Waals surface area (Å²) in [5, 5.41) is 2.89. The molecule has 1 unspecified atom stereocenters. The van der Waals surface area contributed by atoms with Gasteiger partial charge < -0.3 is 5.11 Å². The van der Waals surface area contributed by atoms with Crippen LogP contribution in [-0.4, -0.2) is 22.8 Å². The second-order valence-corrected chi connectivity index (χ2v) is 1.97. The van der Waals surface area contributed by atoms with Gasteiger partial charge in [-0.25, -0.2) is 8.78 Å². The summed E-state index contributed by atoms with van der Waals surface area (Å²) in [4.78, 5) is 0. The van der Waals surface area contributed by atoms with E-state index in [0.717, 1.165) is 0 Å². The van der Waals surface area contributed by atoms with Crippen LogP contribution in [0.5, 0.6) is 0 Å². The number of halogens is 6. The van der Waals surface area contributed by atoms with Crippen LogP contribution in [0.4, 0.5) is 22.0 Å². The van der Waals surface area contributed by atoms with E-state index in [1.165, 1.54) is 0 Å². The third-order valence-corrected chi connectivity index (χ3v) is 0.927. The van der Waals surface area contributed by atoms with Gasteiger partial charge in [0, 0.05) is 0 Å². The van der Waals surface area contributed by atoms with Gasteiger partial charge in [0.1, 0.15) is 0 Å². The van der Waals surface area contributed by atoms with Crippen molar-refractivity contribution in [2.24, 2.45) is 0 Å². The molecule has 0 amide bonds. The first kappa shape index (κ1) is 9.90. The maximum Gasteiger partial charge on any atom is 0.379 e. The van der Waals surface area contributed by atoms with E-state index in [1.54, 1.807) is 0 Å². The van der Waals surface area contributed by atoms with Crippen molar-refractivity contribution in [1.82, 2.24) is 0 Å². The number of rotatable bonds is 2. The van der Waals surface area contributed by atoms with Crippen molar-refractivity contribution in [3.63, 3.8) is 0 Å². The summed E-state index contributed by atoms with van der Waals surface area (Å²) in [6.07, 6.45) is -4.33. The first-order valence-corrected chi connectivity index (χ1v) is 2.33. The molecule has 7 heteroatoms. The van der Waals surface area contributed by atoms with E-state index in [1.807, 2.05) is 0 Å². The van der Waals surface area contributed by atoms with Crippen LogP contribution in [0.2, 0.25) is 0 Å². The molecular formula is C3H2ClF5O. The van der Waals surface area contributed by atoms with Gasteiger partial charge in [-0.1, -0.05) is 0 Å². The van der Waals surface area contributed by atoms with Gasteiger partial charge >= 0.3 is 17.7 Å². The highest BCUT2D eigenvalue weighted by molar-refractivity contribution is 6.22. The average Bonchev–Trinajstić information content (AvgIpc) is 1.62. The Hall–Kier alpha value is -0.100. The maximum atomic E-state index is 11.5. The molecule has 1 N–H and O–H groups in total. The second-order valence-electron chi connectivity index (χ2n) is 1.46. The van der Waals surface area contributed by atoms with Gasteiger partial charge in [0.2, 0.25) is 0 Å². The lowest BCUT2D eigenvalue weighted by molar-refractivity contribution is -0.254. The first-order valence-electron chi connectivity index (χ1n) is 1.95. The first-order chi connectivity index (χ1) is 4.19. The minimum atomic E-state index is -5.24. The van der Waals surface area contributed by atoms with Crippen LogP contribution in [0.15, 0.2) is 0 Å². The highest BCUT2D eigenvalue weighted by Gasteiger charge is 2.60. The summed E-state index contributed by atoms with van der Waals surface area (Å²) in [6.45, 7) is 0. The fourth-order valence-electron chi connectivity index (χ4n) is 0.131. The molecule has 0 heterocycles. The molecule has 0 saturated carbocycles. The molecule has 0 spiro atoms. The fourth-order valence-corrected chi connectivity index (χ4v) is 0.214. The summed E-state index contributed by atoms with van der Waals surface area (Å²) in [5.74, 6) is -5.24. The summed E-state index contributed by atoms with van der Waals surface area (Å²) >= 11 is 3.88. The Labute approximate surface area is 57.4 Å². The predicted octanol–water partition coefficient (Wildman–Crippen LogP) is 1.74. The van der Waals surface area contributed by atoms with Gasteiger partial charge in [-0.2, -0.15) is 13.2 Å². The monoisotopic (exact) mass is 184 g/mol. The van der Waals surface area contributed by atoms with Crippen LogP contribution in [0.1, 0.15) is 0 Å². The van der Waals surface area contributed by atoms with Crippen LogP contribution in [0.3, 0.4) is 0 Å². The Kier molecular flexibility index (Phi) is 2.48. The molecule has 0 bridgehead atoms. The molecule has 1 nitrogen and oxygen atoms in total. The molecule has 1 atom stereocenters. The molecule has 0 saturated heterocycles. The molecular weight excluding hydrogens is 182 g/mol. The van der Waals surface area contributed by atoms with Gasteiger partial charge in [-0.05, 0) is 11.6 Å². The molecule has 0 aliphatic carbocycles. The Balaban J connectivity index is 4.40. The zero-order chi connectivity index (χ0) is 8.58. The lowest BCUT2D eigenvalue weighted by Crippen LogP contribution is -2.45. The Bertz CT molecular complexity index is 119. The van der Waals surface area contributed by atoms with Crippen molar-refractivity contribution >= 4 is 11.6 Å². The lowest BCUT2D eigenvalue weighted by Gasteiger charge is -2.21. The van der Waals surface area contributed by atoms with E-state index >= 15 is 0 Å². The predicted molar refractivity (Wildman–Crippen MR) is 22.9 cm³/mol. The molecule has 0 fully saturated rings. The normalized spacial score (nSPS) is 19.2. The van der Waals surface area contributed by atoms with Crippen LogP contribution >= 0.6 is 11.6 Å². The van der Waals surface area contributed by atoms with Crippen LogP contribution in [0.25, 0.3) is 0 Å². The summed E-state index contributed by atoms with van der Waals surface area (Å²) in [6, 6.07) is 0. The molecule has 0 aromatic heterocycles. The van der Waals surface area contributed by atoms with Gasteiger partial charge in [0.05, 0.1) is 0 Å². The molecule has 0 aliphatic heterocycles. The third-order valence-electron chi connectivity index (χ3n) is 0.675. The zero-order valence-corrected chi connectivity index (χ0v) is 5.05. The summed E-state index contributed by atoms with van der Waals surface area (Å²) < 4.78 is 56.7. The van der Waals surface area contributed by atoms with Crippen molar-refractivity contribution in [1.29, 1.82) is 0 Å². The number of aliphatic hydroxyl groups is 1. The minimum Gasteiger partial charge on any atom is -0.345 e. The van der Waals surface area contributed by atoms with E-state index in [2.05, 4.69) is 11.6 Å². The zero-order valence-electron chi connectivity index (χ0n) is 4.29. The van der Waals surface area contributed by atoms with Gasteiger partial charge in [-0.3, -0.25) is 0 Å². The van der Waals surface area contributed by atoms with Crippen LogP contribution in [-0.2, 0) is 0 Å². The second kappa shape index (κ2) is 2.50. The SMILES string of the molecule is OC(F)(Cl)C(F)(F)C(F)F. The van der Waals surface area contributed by atoms with Crippen molar-refractivity contribution in [2.45, 2.75) is 17.7 Å². The van der Waals surface area contributed by atoms with E-state index in [0.29, 0.717) is 0 Å². The number of hydrogen-bond acceptors (Lipinski definition) is 1. The number of hydrogen-bond donors (Lipinski definition) is 1. The third kappa shape index (κ3) is 1.69. The van der Waals surface area contributed by atoms with Crippen LogP contribution < -0.4 is 0 Å². The van der Waals surface area contributed by atoms with E-state index in [9.17, 15) is 22.0 Å². The maximum absolute atomic E-state index is 11.5. The van der Waals surface area contributed by atoms with Crippen molar-refractivity contribution in [3.8, 4) is 0 Å². The number of alkyl halides is 6. The lowest BCUT2D eigenvalue weighted by atomic mass is 10.3. The fraction of sp³-hybridized carbons (Fsp3) is 1.00. The Morgan fingerprint density at radius 3 is 1.50 bits per heavy atom. The van der Waals surface area contributed by atoms with E-state index < -0.39 is 17.7 Å². The quantitative estimate of drug-likeness (QED) is 0.512. The van der Waals surface area contributed by atoms with Gasteiger partial charge in [0.15, 0.2) is 0 Å². The van der Waals surface area contributed by atoms with Crippen LogP contribution in [0, 0.1) is 0 Å². The molecule has 0 aromatic carbocycles. The van der Waals surface area contributed by atoms with Crippen molar-refractivity contribution in [3.05, 3.63) is 0 Å². The molecule has 62 valence electrons. The average molecular weight is 184 g/mol. The molecule has 0 rings (SSSR count). The molecule has 0 aliphatic rings. The van der Waals surface area contributed by atoms with Gasteiger partial charge in [0.25, 0.3) is 0 Å². The molecule has 0 aromatic rings. The topological polar surface area (TPSA) is 20.2 Å². The highest BCUT2D eigenvalue weighted by Crippen LogP contribution is 2.38. The summed E-state index contributed by atoms with van der Waals surface area (Å²) in [7, 11) is 0. The highest BCUT2D eigenvalue weighted by atomic mass is 35.5.